The Bertz CT molecular complexity index is 1370. The van der Waals surface area contributed by atoms with E-state index < -0.39 is 0 Å². The van der Waals surface area contributed by atoms with Crippen molar-refractivity contribution in [2.75, 3.05) is 6.61 Å². The van der Waals surface area contributed by atoms with E-state index in [1.807, 2.05) is 78.9 Å². The minimum Gasteiger partial charge on any atom is -0.505 e. The molecule has 208 valence electrons. The number of phenols is 1. The molecular formula is C34H40N4O2. The molecule has 0 aliphatic carbocycles. The monoisotopic (exact) mass is 536 g/mol. The zero-order valence-corrected chi connectivity index (χ0v) is 23.5. The fraction of sp³-hybridized carbons (Fsp3) is 0.353. The Kier molecular flexibility index (Phi) is 11.7. The summed E-state index contributed by atoms with van der Waals surface area (Å²) in [6.07, 6.45) is 12.8. The van der Waals surface area contributed by atoms with Crippen LogP contribution in [-0.2, 0) is 0 Å². The number of phenolic OH excluding ortho intramolecular Hbond substituents is 1. The fourth-order valence-electron chi connectivity index (χ4n) is 4.61. The van der Waals surface area contributed by atoms with Crippen LogP contribution in [0.25, 0.3) is 10.8 Å². The molecule has 4 aromatic carbocycles. The Morgan fingerprint density at radius 2 is 1.05 bits per heavy atom. The average Bonchev–Trinajstić information content (AvgIpc) is 2.99. The first-order chi connectivity index (χ1) is 19.7. The van der Waals surface area contributed by atoms with Crippen molar-refractivity contribution in [2.45, 2.75) is 71.1 Å². The highest BCUT2D eigenvalue weighted by Crippen LogP contribution is 2.41. The summed E-state index contributed by atoms with van der Waals surface area (Å²) in [5.74, 6) is 0.727. The summed E-state index contributed by atoms with van der Waals surface area (Å²) < 4.78 is 6.11. The van der Waals surface area contributed by atoms with E-state index in [4.69, 9.17) is 4.74 Å². The van der Waals surface area contributed by atoms with Gasteiger partial charge in [-0.3, -0.25) is 0 Å². The van der Waals surface area contributed by atoms with Gasteiger partial charge in [-0.05, 0) is 42.8 Å². The summed E-state index contributed by atoms with van der Waals surface area (Å²) in [4.78, 5) is 0. The molecule has 1 N–H and O–H groups in total. The highest BCUT2D eigenvalue weighted by molar-refractivity contribution is 5.99. The van der Waals surface area contributed by atoms with Crippen molar-refractivity contribution >= 4 is 33.5 Å². The lowest BCUT2D eigenvalue weighted by Crippen LogP contribution is -1.98. The molecular weight excluding hydrogens is 496 g/mol. The Morgan fingerprint density at radius 3 is 1.68 bits per heavy atom. The third-order valence-electron chi connectivity index (χ3n) is 6.87. The Morgan fingerprint density at radius 1 is 0.550 bits per heavy atom. The third-order valence-corrected chi connectivity index (χ3v) is 6.87. The lowest BCUT2D eigenvalue weighted by atomic mass is 10.1. The van der Waals surface area contributed by atoms with Gasteiger partial charge < -0.3 is 9.84 Å². The number of benzene rings is 4. The van der Waals surface area contributed by atoms with Crippen molar-refractivity contribution in [1.82, 2.24) is 0 Å². The van der Waals surface area contributed by atoms with Crippen LogP contribution in [0.15, 0.2) is 105 Å². The molecule has 6 nitrogen and oxygen atoms in total. The van der Waals surface area contributed by atoms with Gasteiger partial charge in [-0.15, -0.1) is 5.11 Å². The number of hydrogen-bond donors (Lipinski definition) is 1. The van der Waals surface area contributed by atoms with E-state index in [1.54, 1.807) is 6.07 Å². The number of aromatic hydroxyl groups is 1. The SMILES string of the molecule is CCCCCCCCCCCCOc1cc(O)c(/N=N/c2ccc(/N=N/c3ccccc3)cc2)c2ccccc12. The summed E-state index contributed by atoms with van der Waals surface area (Å²) in [5.41, 5.74) is 2.60. The van der Waals surface area contributed by atoms with Crippen molar-refractivity contribution in [2.24, 2.45) is 20.5 Å². The zero-order valence-electron chi connectivity index (χ0n) is 23.5. The molecule has 0 fully saturated rings. The first-order valence-electron chi connectivity index (χ1n) is 14.6. The van der Waals surface area contributed by atoms with Gasteiger partial charge in [-0.1, -0.05) is 107 Å². The van der Waals surface area contributed by atoms with Gasteiger partial charge >= 0.3 is 0 Å². The highest BCUT2D eigenvalue weighted by Gasteiger charge is 2.12. The molecule has 4 aromatic rings. The summed E-state index contributed by atoms with van der Waals surface area (Å²) in [6, 6.07) is 26.4. The molecule has 0 spiro atoms. The van der Waals surface area contributed by atoms with Gasteiger partial charge in [0.25, 0.3) is 0 Å². The standard InChI is InChI=1S/C34H40N4O2/c1-2-3-4-5-6-7-8-9-10-16-25-40-33-26-32(39)34(31-20-15-14-19-30(31)33)38-37-29-23-21-28(22-24-29)36-35-27-17-12-11-13-18-27/h11-15,17-24,26,39H,2-10,16,25H2,1H3/b36-35+,38-37+. The Labute approximate surface area is 237 Å². The molecule has 0 radical (unpaired) electrons. The van der Waals surface area contributed by atoms with E-state index in [9.17, 15) is 5.11 Å². The average molecular weight is 537 g/mol. The van der Waals surface area contributed by atoms with E-state index in [0.29, 0.717) is 23.7 Å². The Balaban J connectivity index is 1.32. The van der Waals surface area contributed by atoms with Crippen molar-refractivity contribution in [3.8, 4) is 11.5 Å². The van der Waals surface area contributed by atoms with Gasteiger partial charge in [-0.25, -0.2) is 0 Å². The molecule has 0 aliphatic rings. The quantitative estimate of drug-likeness (QED) is 0.114. The summed E-state index contributed by atoms with van der Waals surface area (Å²) in [7, 11) is 0. The molecule has 0 atom stereocenters. The topological polar surface area (TPSA) is 78.9 Å². The number of nitrogens with zero attached hydrogens (tertiary/aromatic N) is 4. The van der Waals surface area contributed by atoms with E-state index >= 15 is 0 Å². The molecule has 0 bridgehead atoms. The smallest absolute Gasteiger partial charge is 0.147 e. The van der Waals surface area contributed by atoms with E-state index in [0.717, 1.165) is 35.0 Å². The fourth-order valence-corrected chi connectivity index (χ4v) is 4.61. The van der Waals surface area contributed by atoms with Crippen LogP contribution in [0.5, 0.6) is 11.5 Å². The minimum atomic E-state index is 0.0498. The number of azo groups is 2. The second-order valence-electron chi connectivity index (χ2n) is 10.1. The lowest BCUT2D eigenvalue weighted by Gasteiger charge is -2.12. The number of ether oxygens (including phenoxy) is 1. The van der Waals surface area contributed by atoms with Crippen LogP contribution in [0.2, 0.25) is 0 Å². The summed E-state index contributed by atoms with van der Waals surface area (Å²) in [5, 5.41) is 29.8. The van der Waals surface area contributed by atoms with Crippen LogP contribution < -0.4 is 4.74 Å². The molecule has 0 saturated carbocycles. The predicted molar refractivity (Wildman–Crippen MR) is 164 cm³/mol. The van der Waals surface area contributed by atoms with Gasteiger partial charge in [0.1, 0.15) is 17.2 Å². The van der Waals surface area contributed by atoms with Gasteiger partial charge in [0, 0.05) is 16.8 Å². The first kappa shape index (κ1) is 28.9. The predicted octanol–water partition coefficient (Wildman–Crippen LogP) is 11.7. The second-order valence-corrected chi connectivity index (χ2v) is 10.1. The number of rotatable bonds is 16. The molecule has 0 saturated heterocycles. The van der Waals surface area contributed by atoms with Crippen LogP contribution in [-0.4, -0.2) is 11.7 Å². The van der Waals surface area contributed by atoms with E-state index in [2.05, 4.69) is 27.4 Å². The van der Waals surface area contributed by atoms with Crippen molar-refractivity contribution in [1.29, 1.82) is 0 Å². The zero-order chi connectivity index (χ0) is 27.8. The van der Waals surface area contributed by atoms with Gasteiger partial charge in [-0.2, -0.15) is 15.3 Å². The maximum absolute atomic E-state index is 10.8. The summed E-state index contributed by atoms with van der Waals surface area (Å²) >= 11 is 0. The Hall–Kier alpha value is -4.06. The molecule has 4 rings (SSSR count). The second kappa shape index (κ2) is 16.1. The first-order valence-corrected chi connectivity index (χ1v) is 14.6. The van der Waals surface area contributed by atoms with Gasteiger partial charge in [0.2, 0.25) is 0 Å². The molecule has 0 unspecified atom stereocenters. The maximum Gasteiger partial charge on any atom is 0.147 e. The number of hydrogen-bond acceptors (Lipinski definition) is 6. The number of fused-ring (bicyclic) bond motifs is 1. The van der Waals surface area contributed by atoms with Crippen LogP contribution in [0, 0.1) is 0 Å². The van der Waals surface area contributed by atoms with Crippen LogP contribution in [0.4, 0.5) is 22.7 Å². The molecule has 6 heteroatoms. The molecule has 0 heterocycles. The minimum absolute atomic E-state index is 0.0498. The summed E-state index contributed by atoms with van der Waals surface area (Å²) in [6.45, 7) is 2.89. The highest BCUT2D eigenvalue weighted by atomic mass is 16.5. The van der Waals surface area contributed by atoms with Crippen LogP contribution >= 0.6 is 0 Å². The van der Waals surface area contributed by atoms with E-state index in [1.165, 1.54) is 51.4 Å². The molecule has 0 aromatic heterocycles. The lowest BCUT2D eigenvalue weighted by molar-refractivity contribution is 0.306. The van der Waals surface area contributed by atoms with Gasteiger partial charge in [0.05, 0.1) is 23.7 Å². The van der Waals surface area contributed by atoms with Crippen LogP contribution in [0.3, 0.4) is 0 Å². The van der Waals surface area contributed by atoms with Crippen molar-refractivity contribution in [3.05, 3.63) is 84.9 Å². The van der Waals surface area contributed by atoms with Crippen molar-refractivity contribution in [3.63, 3.8) is 0 Å². The normalized spacial score (nSPS) is 11.6. The van der Waals surface area contributed by atoms with Crippen molar-refractivity contribution < 1.29 is 9.84 Å². The van der Waals surface area contributed by atoms with Crippen LogP contribution in [0.1, 0.15) is 71.1 Å². The largest absolute Gasteiger partial charge is 0.505 e. The van der Waals surface area contributed by atoms with Gasteiger partial charge in [0.15, 0.2) is 0 Å². The number of unbranched alkanes of at least 4 members (excludes halogenated alkanes) is 9. The maximum atomic E-state index is 10.8. The molecule has 0 amide bonds. The third kappa shape index (κ3) is 9.01. The molecule has 0 aliphatic heterocycles. The molecule has 40 heavy (non-hydrogen) atoms. The van der Waals surface area contributed by atoms with E-state index in [-0.39, 0.29) is 5.75 Å².